The molecule has 0 radical (unpaired) electrons. The van der Waals surface area contributed by atoms with Crippen LogP contribution < -0.4 is 15.2 Å². The Kier molecular flexibility index (Phi) is 6.65. The minimum atomic E-state index is -0.0491. The molecule has 2 heterocycles. The van der Waals surface area contributed by atoms with Crippen molar-refractivity contribution < 1.29 is 14.3 Å². The first-order valence-corrected chi connectivity index (χ1v) is 9.48. The molecule has 0 saturated carbocycles. The second-order valence-corrected chi connectivity index (χ2v) is 6.59. The van der Waals surface area contributed by atoms with Gasteiger partial charge in [0, 0.05) is 12.7 Å². The molecule has 1 amide bonds. The van der Waals surface area contributed by atoms with Gasteiger partial charge in [-0.1, -0.05) is 12.1 Å². The monoisotopic (exact) mass is 369 g/mol. The van der Waals surface area contributed by atoms with Gasteiger partial charge in [-0.25, -0.2) is 0 Å². The smallest absolute Gasteiger partial charge is 0.258 e. The predicted octanol–water partition coefficient (Wildman–Crippen LogP) is 3.19. The van der Waals surface area contributed by atoms with Crippen LogP contribution >= 0.6 is 0 Å². The number of carbonyl (C=O) groups is 1. The lowest BCUT2D eigenvalue weighted by Gasteiger charge is -2.35. The van der Waals surface area contributed by atoms with Crippen molar-refractivity contribution in [2.45, 2.75) is 31.7 Å². The third kappa shape index (κ3) is 4.39. The highest BCUT2D eigenvalue weighted by molar-refractivity contribution is 5.98. The van der Waals surface area contributed by atoms with E-state index in [9.17, 15) is 4.79 Å². The number of carbonyl (C=O) groups excluding carboxylic acids is 1. The highest BCUT2D eigenvalue weighted by atomic mass is 16.5. The molecule has 1 aliphatic rings. The van der Waals surface area contributed by atoms with Crippen LogP contribution in [0.3, 0.4) is 0 Å². The van der Waals surface area contributed by atoms with Crippen LogP contribution in [0.5, 0.6) is 11.5 Å². The summed E-state index contributed by atoms with van der Waals surface area (Å²) in [4.78, 5) is 19.8. The lowest BCUT2D eigenvalue weighted by molar-refractivity contribution is 0.0601. The zero-order valence-electron chi connectivity index (χ0n) is 15.8. The maximum atomic E-state index is 13.4. The van der Waals surface area contributed by atoms with Crippen LogP contribution in [0, 0.1) is 0 Å². The highest BCUT2D eigenvalue weighted by Crippen LogP contribution is 2.36. The summed E-state index contributed by atoms with van der Waals surface area (Å²) < 4.78 is 11.3. The molecule has 3 rings (SSSR count). The topological polar surface area (TPSA) is 77.7 Å². The summed E-state index contributed by atoms with van der Waals surface area (Å²) in [6.07, 6.45) is 5.48. The van der Waals surface area contributed by atoms with Crippen LogP contribution in [0.25, 0.3) is 0 Å². The number of benzene rings is 1. The zero-order valence-corrected chi connectivity index (χ0v) is 15.8. The molecule has 1 fully saturated rings. The number of pyridine rings is 1. The molecule has 0 aliphatic carbocycles. The maximum absolute atomic E-state index is 13.4. The van der Waals surface area contributed by atoms with Gasteiger partial charge in [-0.2, -0.15) is 0 Å². The number of hydrogen-bond donors (Lipinski definition) is 1. The molecule has 6 heteroatoms. The molecule has 1 aromatic carbocycles. The van der Waals surface area contributed by atoms with Gasteiger partial charge in [0.25, 0.3) is 5.91 Å². The number of para-hydroxylation sites is 1. The first-order chi connectivity index (χ1) is 13.3. The number of nitrogens with two attached hydrogens (primary N) is 1. The molecule has 144 valence electrons. The minimum absolute atomic E-state index is 0.0180. The van der Waals surface area contributed by atoms with Gasteiger partial charge in [0.15, 0.2) is 11.5 Å². The van der Waals surface area contributed by atoms with E-state index in [4.69, 9.17) is 15.2 Å². The van der Waals surface area contributed by atoms with Crippen molar-refractivity contribution in [1.82, 2.24) is 9.88 Å². The molecule has 6 nitrogen and oxygen atoms in total. The van der Waals surface area contributed by atoms with Crippen LogP contribution in [0.4, 0.5) is 0 Å². The van der Waals surface area contributed by atoms with Gasteiger partial charge < -0.3 is 20.1 Å². The fraction of sp³-hybridized carbons (Fsp3) is 0.429. The molecular formula is C21H27N3O3. The molecule has 1 saturated heterocycles. The van der Waals surface area contributed by atoms with E-state index in [1.54, 1.807) is 25.4 Å². The van der Waals surface area contributed by atoms with Crippen molar-refractivity contribution in [2.75, 3.05) is 26.8 Å². The Hall–Kier alpha value is -2.60. The second kappa shape index (κ2) is 9.37. The van der Waals surface area contributed by atoms with E-state index in [0.29, 0.717) is 43.2 Å². The molecule has 27 heavy (non-hydrogen) atoms. The van der Waals surface area contributed by atoms with E-state index in [1.807, 2.05) is 29.2 Å². The van der Waals surface area contributed by atoms with Gasteiger partial charge in [-0.3, -0.25) is 9.78 Å². The number of aromatic nitrogens is 1. The molecule has 2 aromatic rings. The van der Waals surface area contributed by atoms with Gasteiger partial charge >= 0.3 is 0 Å². The summed E-state index contributed by atoms with van der Waals surface area (Å²) in [5.74, 6) is 1.00. The van der Waals surface area contributed by atoms with Crippen LogP contribution in [0.1, 0.15) is 47.8 Å². The first kappa shape index (κ1) is 19.2. The Morgan fingerprint density at radius 1 is 1.26 bits per heavy atom. The van der Waals surface area contributed by atoms with Gasteiger partial charge in [-0.15, -0.1) is 0 Å². The van der Waals surface area contributed by atoms with Gasteiger partial charge in [-0.05, 0) is 56.5 Å². The molecule has 0 spiro atoms. The average Bonchev–Trinajstić information content (AvgIpc) is 2.74. The average molecular weight is 369 g/mol. The van der Waals surface area contributed by atoms with Crippen LogP contribution in [-0.2, 0) is 0 Å². The fourth-order valence-corrected chi connectivity index (χ4v) is 3.46. The van der Waals surface area contributed by atoms with Crippen LogP contribution in [-0.4, -0.2) is 42.6 Å². The summed E-state index contributed by atoms with van der Waals surface area (Å²) >= 11 is 0. The number of ether oxygens (including phenoxy) is 2. The van der Waals surface area contributed by atoms with Crippen molar-refractivity contribution in [1.29, 1.82) is 0 Å². The van der Waals surface area contributed by atoms with E-state index in [2.05, 4.69) is 4.98 Å². The number of hydrogen-bond acceptors (Lipinski definition) is 5. The number of amides is 1. The summed E-state index contributed by atoms with van der Waals surface area (Å²) in [6.45, 7) is 1.69. The maximum Gasteiger partial charge on any atom is 0.258 e. The largest absolute Gasteiger partial charge is 0.493 e. The van der Waals surface area contributed by atoms with Gasteiger partial charge in [0.05, 0.1) is 31.0 Å². The number of nitrogens with zero attached hydrogens (tertiary/aromatic N) is 2. The standard InChI is InChI=1S/C21H27N3O3/c1-26-19-11-6-8-16(20(19)27-15-7-12-22)21(25)24-14-5-3-10-18(24)17-9-2-4-13-23-17/h2,4,6,8-9,11,13,18H,3,5,7,10,12,14-15,22H2,1H3/t18-/m0/s1. The Labute approximate surface area is 160 Å². The SMILES string of the molecule is COc1cccc(C(=O)N2CCCC[C@H]2c2ccccn2)c1OCCCN. The van der Waals surface area contributed by atoms with Crippen LogP contribution in [0.2, 0.25) is 0 Å². The van der Waals surface area contributed by atoms with Crippen molar-refractivity contribution in [2.24, 2.45) is 5.73 Å². The van der Waals surface area contributed by atoms with Crippen molar-refractivity contribution >= 4 is 5.91 Å². The van der Waals surface area contributed by atoms with Gasteiger partial charge in [0.2, 0.25) is 0 Å². The van der Waals surface area contributed by atoms with Crippen molar-refractivity contribution in [3.05, 3.63) is 53.9 Å². The Morgan fingerprint density at radius 3 is 2.89 bits per heavy atom. The first-order valence-electron chi connectivity index (χ1n) is 9.48. The third-order valence-corrected chi connectivity index (χ3v) is 4.82. The van der Waals surface area contributed by atoms with E-state index < -0.39 is 0 Å². The summed E-state index contributed by atoms with van der Waals surface area (Å²) in [7, 11) is 1.58. The van der Waals surface area contributed by atoms with Crippen molar-refractivity contribution in [3.63, 3.8) is 0 Å². The summed E-state index contributed by atoms with van der Waals surface area (Å²) in [6, 6.07) is 11.3. The zero-order chi connectivity index (χ0) is 19.1. The third-order valence-electron chi connectivity index (χ3n) is 4.82. The molecule has 0 unspecified atom stereocenters. The molecular weight excluding hydrogens is 342 g/mol. The van der Waals surface area contributed by atoms with Gasteiger partial charge in [0.1, 0.15) is 0 Å². The van der Waals surface area contributed by atoms with E-state index in [1.165, 1.54) is 0 Å². The Bertz CT molecular complexity index is 752. The fourth-order valence-electron chi connectivity index (χ4n) is 3.46. The minimum Gasteiger partial charge on any atom is -0.493 e. The predicted molar refractivity (Wildman–Crippen MR) is 104 cm³/mol. The second-order valence-electron chi connectivity index (χ2n) is 6.59. The Balaban J connectivity index is 1.91. The normalized spacial score (nSPS) is 16.8. The number of piperidine rings is 1. The molecule has 1 atom stereocenters. The number of methoxy groups -OCH3 is 1. The quantitative estimate of drug-likeness (QED) is 0.759. The van der Waals surface area contributed by atoms with E-state index in [-0.39, 0.29) is 11.9 Å². The Morgan fingerprint density at radius 2 is 2.15 bits per heavy atom. The van der Waals surface area contributed by atoms with E-state index in [0.717, 1.165) is 25.0 Å². The van der Waals surface area contributed by atoms with Crippen LogP contribution in [0.15, 0.2) is 42.6 Å². The van der Waals surface area contributed by atoms with E-state index >= 15 is 0 Å². The number of likely N-dealkylation sites (tertiary alicyclic amines) is 1. The lowest BCUT2D eigenvalue weighted by atomic mass is 9.97. The van der Waals surface area contributed by atoms with Crippen molar-refractivity contribution in [3.8, 4) is 11.5 Å². The molecule has 1 aromatic heterocycles. The summed E-state index contributed by atoms with van der Waals surface area (Å²) in [5.41, 5.74) is 7.02. The molecule has 1 aliphatic heterocycles. The molecule has 2 N–H and O–H groups in total. The lowest BCUT2D eigenvalue weighted by Crippen LogP contribution is -2.39. The molecule has 0 bridgehead atoms. The number of rotatable bonds is 7. The summed E-state index contributed by atoms with van der Waals surface area (Å²) in [5, 5.41) is 0. The highest BCUT2D eigenvalue weighted by Gasteiger charge is 2.31.